The summed E-state index contributed by atoms with van der Waals surface area (Å²) in [5.41, 5.74) is 4.76. The zero-order valence-corrected chi connectivity index (χ0v) is 11.8. The average Bonchev–Trinajstić information content (AvgIpc) is 2.63. The van der Waals surface area contributed by atoms with E-state index < -0.39 is 23.6 Å². The lowest BCUT2D eigenvalue weighted by molar-refractivity contribution is -0.0159. The summed E-state index contributed by atoms with van der Waals surface area (Å²) in [5.74, 6) is -1.68. The Kier molecular flexibility index (Phi) is 3.63. The molecule has 1 atom stereocenters. The van der Waals surface area contributed by atoms with E-state index in [4.69, 9.17) is 10.8 Å². The van der Waals surface area contributed by atoms with Crippen LogP contribution in [0.3, 0.4) is 0 Å². The first-order valence-electron chi connectivity index (χ1n) is 6.42. The average molecular weight is 296 g/mol. The van der Waals surface area contributed by atoms with Gasteiger partial charge in [0, 0.05) is 17.8 Å². The largest absolute Gasteiger partial charge is 0.478 e. The Labute approximate surface area is 121 Å². The van der Waals surface area contributed by atoms with Crippen LogP contribution in [0.1, 0.15) is 40.1 Å². The third-order valence-electron chi connectivity index (χ3n) is 3.53. The van der Waals surface area contributed by atoms with Crippen LogP contribution in [0.25, 0.3) is 0 Å². The molecule has 0 saturated carbocycles. The molecule has 1 aliphatic heterocycles. The van der Waals surface area contributed by atoms with Crippen molar-refractivity contribution < 1.29 is 24.2 Å². The molecule has 0 aliphatic carbocycles. The van der Waals surface area contributed by atoms with E-state index in [-0.39, 0.29) is 29.9 Å². The molecule has 6 nitrogen and oxygen atoms in total. The number of carboxylic acids is 1. The monoisotopic (exact) mass is 296 g/mol. The molecule has 1 aromatic rings. The van der Waals surface area contributed by atoms with Crippen molar-refractivity contribution >= 4 is 17.6 Å². The number of hydrogen-bond acceptors (Lipinski definition) is 4. The number of nitrogens with zero attached hydrogens (tertiary/aromatic N) is 1. The number of hydrogen-bond donors (Lipinski definition) is 3. The van der Waals surface area contributed by atoms with Crippen LogP contribution in [0.2, 0.25) is 0 Å². The summed E-state index contributed by atoms with van der Waals surface area (Å²) in [6.07, 6.45) is -1.60. The molecule has 1 heterocycles. The number of nitrogens with two attached hydrogens (primary N) is 1. The lowest BCUT2D eigenvalue weighted by Crippen LogP contribution is -2.42. The van der Waals surface area contributed by atoms with Crippen LogP contribution in [0.5, 0.6) is 0 Å². The molecule has 2 rings (SSSR count). The minimum absolute atomic E-state index is 0.0650. The van der Waals surface area contributed by atoms with Crippen molar-refractivity contribution in [3.63, 3.8) is 0 Å². The highest BCUT2D eigenvalue weighted by Gasteiger charge is 2.35. The SMILES string of the molecule is CC(C)(O)C(F)CN1Cc2cc(N)c(C(=O)O)cc2C1=O. The molecule has 21 heavy (non-hydrogen) atoms. The molecule has 1 unspecified atom stereocenters. The number of benzene rings is 1. The maximum atomic E-state index is 13.9. The van der Waals surface area contributed by atoms with Crippen LogP contribution in [0.15, 0.2) is 12.1 Å². The highest BCUT2D eigenvalue weighted by Crippen LogP contribution is 2.29. The number of alkyl halides is 1. The van der Waals surface area contributed by atoms with Gasteiger partial charge in [-0.05, 0) is 31.5 Å². The van der Waals surface area contributed by atoms with E-state index in [1.54, 1.807) is 0 Å². The molecule has 0 saturated heterocycles. The molecule has 1 aliphatic rings. The Hall–Kier alpha value is -2.15. The number of anilines is 1. The van der Waals surface area contributed by atoms with Gasteiger partial charge in [0.05, 0.1) is 17.7 Å². The van der Waals surface area contributed by atoms with E-state index in [0.29, 0.717) is 5.56 Å². The molecule has 1 amide bonds. The van der Waals surface area contributed by atoms with E-state index in [9.17, 15) is 19.1 Å². The van der Waals surface area contributed by atoms with Gasteiger partial charge in [-0.15, -0.1) is 0 Å². The van der Waals surface area contributed by atoms with Crippen molar-refractivity contribution in [1.82, 2.24) is 4.90 Å². The van der Waals surface area contributed by atoms with Crippen LogP contribution < -0.4 is 5.73 Å². The minimum Gasteiger partial charge on any atom is -0.478 e. The number of carbonyl (C=O) groups is 2. The van der Waals surface area contributed by atoms with Gasteiger partial charge in [0.1, 0.15) is 6.17 Å². The number of nitrogen functional groups attached to an aromatic ring is 1. The standard InChI is InChI=1S/C14H17FN2O4/c1-14(2,21)11(15)6-17-5-7-3-10(16)9(13(19)20)4-8(7)12(17)18/h3-4,11,21H,5-6,16H2,1-2H3,(H,19,20). The van der Waals surface area contributed by atoms with Gasteiger partial charge in [0.2, 0.25) is 0 Å². The predicted molar refractivity (Wildman–Crippen MR) is 73.7 cm³/mol. The van der Waals surface area contributed by atoms with Crippen LogP contribution in [0.4, 0.5) is 10.1 Å². The highest BCUT2D eigenvalue weighted by atomic mass is 19.1. The van der Waals surface area contributed by atoms with Crippen LogP contribution in [0, 0.1) is 0 Å². The minimum atomic E-state index is -1.60. The van der Waals surface area contributed by atoms with Crippen molar-refractivity contribution in [2.75, 3.05) is 12.3 Å². The van der Waals surface area contributed by atoms with E-state index in [2.05, 4.69) is 0 Å². The number of halogens is 1. The molecular formula is C14H17FN2O4. The third-order valence-corrected chi connectivity index (χ3v) is 3.53. The summed E-state index contributed by atoms with van der Waals surface area (Å²) >= 11 is 0. The first-order valence-corrected chi connectivity index (χ1v) is 6.42. The fourth-order valence-electron chi connectivity index (χ4n) is 2.19. The van der Waals surface area contributed by atoms with E-state index in [1.165, 1.54) is 30.9 Å². The predicted octanol–water partition coefficient (Wildman–Crippen LogP) is 1.03. The van der Waals surface area contributed by atoms with Gasteiger partial charge in [0.25, 0.3) is 5.91 Å². The molecule has 1 aromatic carbocycles. The Morgan fingerprint density at radius 2 is 2.14 bits per heavy atom. The number of amides is 1. The van der Waals surface area contributed by atoms with Crippen LogP contribution in [-0.2, 0) is 6.54 Å². The number of aromatic carboxylic acids is 1. The Morgan fingerprint density at radius 1 is 1.52 bits per heavy atom. The number of carbonyl (C=O) groups excluding carboxylic acids is 1. The molecule has 4 N–H and O–H groups in total. The maximum absolute atomic E-state index is 13.9. The van der Waals surface area contributed by atoms with Gasteiger partial charge in [-0.1, -0.05) is 0 Å². The number of rotatable bonds is 4. The van der Waals surface area contributed by atoms with Crippen LogP contribution in [-0.4, -0.2) is 45.3 Å². The topological polar surface area (TPSA) is 104 Å². The first kappa shape index (κ1) is 15.2. The lowest BCUT2D eigenvalue weighted by Gasteiger charge is -2.26. The van der Waals surface area contributed by atoms with Gasteiger partial charge in [0.15, 0.2) is 0 Å². The molecule has 0 aromatic heterocycles. The quantitative estimate of drug-likeness (QED) is 0.720. The number of carboxylic acid groups (broad SMARTS) is 1. The number of fused-ring (bicyclic) bond motifs is 1. The van der Waals surface area contributed by atoms with Crippen molar-refractivity contribution in [3.05, 3.63) is 28.8 Å². The maximum Gasteiger partial charge on any atom is 0.337 e. The lowest BCUT2D eigenvalue weighted by atomic mass is 10.0. The van der Waals surface area contributed by atoms with E-state index >= 15 is 0 Å². The fraction of sp³-hybridized carbons (Fsp3) is 0.429. The molecule has 0 radical (unpaired) electrons. The molecule has 0 fully saturated rings. The fourth-order valence-corrected chi connectivity index (χ4v) is 2.19. The van der Waals surface area contributed by atoms with Gasteiger partial charge < -0.3 is 20.8 Å². The second-order valence-electron chi connectivity index (χ2n) is 5.71. The van der Waals surface area contributed by atoms with Gasteiger partial charge >= 0.3 is 5.97 Å². The van der Waals surface area contributed by atoms with E-state index in [1.807, 2.05) is 0 Å². The third kappa shape index (κ3) is 2.82. The summed E-state index contributed by atoms with van der Waals surface area (Å²) in [4.78, 5) is 24.4. The summed E-state index contributed by atoms with van der Waals surface area (Å²) in [6, 6.07) is 2.64. The molecule has 0 bridgehead atoms. The van der Waals surface area contributed by atoms with Crippen molar-refractivity contribution in [3.8, 4) is 0 Å². The summed E-state index contributed by atoms with van der Waals surface area (Å²) in [7, 11) is 0. The summed E-state index contributed by atoms with van der Waals surface area (Å²) < 4.78 is 13.9. The summed E-state index contributed by atoms with van der Waals surface area (Å²) in [5, 5.41) is 18.6. The summed E-state index contributed by atoms with van der Waals surface area (Å²) in [6.45, 7) is 2.53. The molecular weight excluding hydrogens is 279 g/mol. The van der Waals surface area contributed by atoms with Crippen molar-refractivity contribution in [2.24, 2.45) is 0 Å². The Morgan fingerprint density at radius 3 is 2.67 bits per heavy atom. The Balaban J connectivity index is 2.27. The number of aliphatic hydroxyl groups is 1. The molecule has 0 spiro atoms. The second-order valence-corrected chi connectivity index (χ2v) is 5.71. The smallest absolute Gasteiger partial charge is 0.337 e. The van der Waals surface area contributed by atoms with Crippen molar-refractivity contribution in [2.45, 2.75) is 32.2 Å². The Bertz CT molecular complexity index is 610. The van der Waals surface area contributed by atoms with E-state index in [0.717, 1.165) is 0 Å². The van der Waals surface area contributed by atoms with Crippen LogP contribution >= 0.6 is 0 Å². The zero-order chi connectivity index (χ0) is 15.9. The zero-order valence-electron chi connectivity index (χ0n) is 11.8. The van der Waals surface area contributed by atoms with Crippen molar-refractivity contribution in [1.29, 1.82) is 0 Å². The normalized spacial score (nSPS) is 16.0. The van der Waals surface area contributed by atoms with Gasteiger partial charge in [-0.2, -0.15) is 0 Å². The second kappa shape index (κ2) is 5.00. The molecule has 114 valence electrons. The first-order chi connectivity index (χ1) is 9.61. The molecule has 7 heteroatoms. The van der Waals surface area contributed by atoms with Gasteiger partial charge in [-0.25, -0.2) is 9.18 Å². The van der Waals surface area contributed by atoms with Gasteiger partial charge in [-0.3, -0.25) is 4.79 Å². The highest BCUT2D eigenvalue weighted by molar-refractivity contribution is 6.03.